The van der Waals surface area contributed by atoms with Gasteiger partial charge in [-0.3, -0.25) is 4.79 Å². The third-order valence-electron chi connectivity index (χ3n) is 7.73. The van der Waals surface area contributed by atoms with Gasteiger partial charge in [-0.25, -0.2) is 13.4 Å². The molecule has 1 aromatic heterocycles. The van der Waals surface area contributed by atoms with Gasteiger partial charge in [0.2, 0.25) is 11.8 Å². The molecule has 170 valence electrons. The van der Waals surface area contributed by atoms with Crippen molar-refractivity contribution in [2.45, 2.75) is 56.3 Å². The minimum atomic E-state index is -3.24. The van der Waals surface area contributed by atoms with Crippen molar-refractivity contribution in [1.82, 2.24) is 9.88 Å². The Hall–Kier alpha value is -1.89. The van der Waals surface area contributed by atoms with E-state index >= 15 is 0 Å². The molecule has 6 nitrogen and oxygen atoms in total. The summed E-state index contributed by atoms with van der Waals surface area (Å²) in [6.07, 6.45) is 13.3. The highest BCUT2D eigenvalue weighted by atomic mass is 32.2. The van der Waals surface area contributed by atoms with Crippen LogP contribution in [-0.2, 0) is 14.6 Å². The van der Waals surface area contributed by atoms with Gasteiger partial charge in [0.25, 0.3) is 0 Å². The molecule has 4 rings (SSSR count). The number of rotatable bonds is 9. The minimum Gasteiger partial charge on any atom is -0.478 e. The molecule has 0 spiro atoms. The Kier molecular flexibility index (Phi) is 6.42. The van der Waals surface area contributed by atoms with Crippen LogP contribution in [0.4, 0.5) is 0 Å². The monoisotopic (exact) mass is 446 g/mol. The number of carbonyl (C=O) groups is 1. The predicted molar refractivity (Wildman–Crippen MR) is 119 cm³/mol. The van der Waals surface area contributed by atoms with Gasteiger partial charge >= 0.3 is 0 Å². The number of hydrogen-bond acceptors (Lipinski definition) is 5. The van der Waals surface area contributed by atoms with Crippen molar-refractivity contribution < 1.29 is 17.9 Å². The fourth-order valence-electron chi connectivity index (χ4n) is 5.37. The quantitative estimate of drug-likeness (QED) is 0.538. The first kappa shape index (κ1) is 22.3. The van der Waals surface area contributed by atoms with Gasteiger partial charge in [0.1, 0.15) is 0 Å². The highest BCUT2D eigenvalue weighted by Crippen LogP contribution is 2.62. The van der Waals surface area contributed by atoms with Crippen LogP contribution in [0.3, 0.4) is 0 Å². The second kappa shape index (κ2) is 8.93. The van der Waals surface area contributed by atoms with Gasteiger partial charge in [-0.2, -0.15) is 0 Å². The molecule has 7 heteroatoms. The third-order valence-corrected chi connectivity index (χ3v) is 8.83. The fraction of sp³-hybridized carbons (Fsp3) is 0.667. The van der Waals surface area contributed by atoms with Gasteiger partial charge in [0, 0.05) is 38.0 Å². The molecule has 0 aromatic carbocycles. The van der Waals surface area contributed by atoms with E-state index in [1.165, 1.54) is 37.8 Å². The molecule has 0 unspecified atom stereocenters. The lowest BCUT2D eigenvalue weighted by Gasteiger charge is -2.37. The molecule has 1 aliphatic heterocycles. The summed E-state index contributed by atoms with van der Waals surface area (Å²) in [5, 5.41) is 0. The van der Waals surface area contributed by atoms with Crippen LogP contribution >= 0.6 is 0 Å². The van der Waals surface area contributed by atoms with E-state index in [1.54, 1.807) is 6.07 Å². The highest BCUT2D eigenvalue weighted by Gasteiger charge is 2.56. The first-order valence-electron chi connectivity index (χ1n) is 11.5. The molecule has 3 aliphatic rings. The van der Waals surface area contributed by atoms with E-state index in [4.69, 9.17) is 4.74 Å². The number of carbonyl (C=O) groups excluding carboxylic acids is 1. The summed E-state index contributed by atoms with van der Waals surface area (Å²) in [5.74, 6) is 2.59. The first-order chi connectivity index (χ1) is 14.8. The number of pyridine rings is 1. The molecule has 31 heavy (non-hydrogen) atoms. The lowest BCUT2D eigenvalue weighted by Crippen LogP contribution is -2.41. The largest absolute Gasteiger partial charge is 0.478 e. The van der Waals surface area contributed by atoms with Crippen LogP contribution in [0.25, 0.3) is 0 Å². The lowest BCUT2D eigenvalue weighted by molar-refractivity contribution is -0.134. The average molecular weight is 447 g/mol. The maximum atomic E-state index is 12.5. The van der Waals surface area contributed by atoms with Crippen LogP contribution in [0.1, 0.15) is 51.4 Å². The Morgan fingerprint density at radius 3 is 2.58 bits per heavy atom. The molecule has 0 radical (unpaired) electrons. The molecule has 2 heterocycles. The molecule has 2 saturated carbocycles. The van der Waals surface area contributed by atoms with E-state index in [1.807, 2.05) is 0 Å². The topological polar surface area (TPSA) is 76.6 Å². The van der Waals surface area contributed by atoms with E-state index in [0.29, 0.717) is 36.1 Å². The van der Waals surface area contributed by atoms with Gasteiger partial charge in [-0.15, -0.1) is 6.58 Å². The Morgan fingerprint density at radius 2 is 2.03 bits per heavy atom. The van der Waals surface area contributed by atoms with Crippen molar-refractivity contribution in [3.05, 3.63) is 31.0 Å². The van der Waals surface area contributed by atoms with Crippen LogP contribution in [-0.4, -0.2) is 50.2 Å². The predicted octanol–water partition coefficient (Wildman–Crippen LogP) is 3.88. The zero-order valence-corrected chi connectivity index (χ0v) is 19.3. The molecule has 1 saturated heterocycles. The maximum Gasteiger partial charge on any atom is 0.222 e. The van der Waals surface area contributed by atoms with Crippen molar-refractivity contribution in [1.29, 1.82) is 0 Å². The van der Waals surface area contributed by atoms with E-state index in [-0.39, 0.29) is 10.3 Å². The van der Waals surface area contributed by atoms with E-state index < -0.39 is 9.84 Å². The zero-order valence-electron chi connectivity index (χ0n) is 18.5. The third kappa shape index (κ3) is 4.97. The van der Waals surface area contributed by atoms with E-state index in [0.717, 1.165) is 45.2 Å². The van der Waals surface area contributed by atoms with Gasteiger partial charge in [-0.1, -0.05) is 12.5 Å². The maximum absolute atomic E-state index is 12.5. The second-order valence-corrected chi connectivity index (χ2v) is 11.6. The van der Waals surface area contributed by atoms with Crippen LogP contribution in [0.2, 0.25) is 0 Å². The number of sulfone groups is 1. The molecular formula is C24H34N2O4S. The molecule has 1 aromatic rings. The van der Waals surface area contributed by atoms with Crippen LogP contribution in [0.5, 0.6) is 5.88 Å². The Bertz CT molecular complexity index is 902. The van der Waals surface area contributed by atoms with Crippen LogP contribution in [0, 0.1) is 23.2 Å². The van der Waals surface area contributed by atoms with Gasteiger partial charge in [0.05, 0.1) is 11.5 Å². The van der Waals surface area contributed by atoms with E-state index in [2.05, 4.69) is 22.5 Å². The van der Waals surface area contributed by atoms with Crippen LogP contribution < -0.4 is 4.74 Å². The number of aromatic nitrogens is 1. The average Bonchev–Trinajstić information content (AvgIpc) is 3.45. The molecule has 2 atom stereocenters. The summed E-state index contributed by atoms with van der Waals surface area (Å²) in [5.41, 5.74) is 0.181. The van der Waals surface area contributed by atoms with Gasteiger partial charge in [-0.05, 0) is 67.8 Å². The normalized spacial score (nSPS) is 26.9. The SMILES string of the molecule is C=C[C@]1(C2CCN(C(=O)CC3CCC3)CC2)C[C@H]1CCOc1ccc(S(C)(=O)=O)cn1. The Morgan fingerprint density at radius 1 is 1.29 bits per heavy atom. The zero-order chi connectivity index (χ0) is 22.1. The summed E-state index contributed by atoms with van der Waals surface area (Å²) >= 11 is 0. The van der Waals surface area contributed by atoms with Crippen molar-refractivity contribution in [2.75, 3.05) is 26.0 Å². The molecule has 2 aliphatic carbocycles. The Labute approximate surface area is 186 Å². The van der Waals surface area contributed by atoms with Crippen molar-refractivity contribution in [3.8, 4) is 5.88 Å². The molecule has 0 bridgehead atoms. The summed E-state index contributed by atoms with van der Waals surface area (Å²) in [7, 11) is -3.24. The molecule has 1 amide bonds. The minimum absolute atomic E-state index is 0.181. The number of hydrogen-bond donors (Lipinski definition) is 0. The molecule has 3 fully saturated rings. The number of likely N-dealkylation sites (tertiary alicyclic amines) is 1. The van der Waals surface area contributed by atoms with Gasteiger partial charge < -0.3 is 9.64 Å². The standard InChI is InChI=1S/C24H34N2O4S/c1-3-24(19-9-12-26(13-10-19)23(27)15-18-5-4-6-18)16-20(24)11-14-30-22-8-7-21(17-25-22)31(2,28)29/h3,7-8,17-20H,1,4-6,9-16H2,2H3/t20-,24-/m1/s1. The lowest BCUT2D eigenvalue weighted by atomic mass is 9.79. The fourth-order valence-corrected chi connectivity index (χ4v) is 5.93. The molecular weight excluding hydrogens is 412 g/mol. The number of nitrogens with zero attached hydrogens (tertiary/aromatic N) is 2. The Balaban J connectivity index is 1.22. The second-order valence-electron chi connectivity index (χ2n) is 9.62. The van der Waals surface area contributed by atoms with Gasteiger partial charge in [0.15, 0.2) is 9.84 Å². The van der Waals surface area contributed by atoms with Crippen LogP contribution in [0.15, 0.2) is 35.9 Å². The first-order valence-corrected chi connectivity index (χ1v) is 13.4. The number of allylic oxidation sites excluding steroid dienone is 1. The van der Waals surface area contributed by atoms with Crippen molar-refractivity contribution in [2.24, 2.45) is 23.2 Å². The summed E-state index contributed by atoms with van der Waals surface area (Å²) in [4.78, 5) is 18.9. The number of ether oxygens (including phenoxy) is 1. The van der Waals surface area contributed by atoms with E-state index in [9.17, 15) is 13.2 Å². The summed E-state index contributed by atoms with van der Waals surface area (Å²) < 4.78 is 28.8. The summed E-state index contributed by atoms with van der Waals surface area (Å²) in [6.45, 7) is 6.46. The molecule has 0 N–H and O–H groups in total. The van der Waals surface area contributed by atoms with Crippen molar-refractivity contribution >= 4 is 15.7 Å². The number of amides is 1. The highest BCUT2D eigenvalue weighted by molar-refractivity contribution is 7.90. The number of piperidine rings is 1. The summed E-state index contributed by atoms with van der Waals surface area (Å²) in [6, 6.07) is 3.14. The smallest absolute Gasteiger partial charge is 0.222 e. The van der Waals surface area contributed by atoms with Crippen molar-refractivity contribution in [3.63, 3.8) is 0 Å².